The Hall–Kier alpha value is -1.60. The molecule has 2 aliphatic rings. The average molecular weight is 257 g/mol. The molecule has 0 saturated carbocycles. The third-order valence-electron chi connectivity index (χ3n) is 3.95. The molecule has 0 amide bonds. The lowest BCUT2D eigenvalue weighted by Gasteiger charge is -2.12. The van der Waals surface area contributed by atoms with Crippen LogP contribution in [0.2, 0.25) is 0 Å². The molecule has 100 valence electrons. The number of aryl methyl sites for hydroxylation is 2. The maximum atomic E-state index is 9.21. The number of nitrogens with one attached hydrogen (secondary N) is 1. The minimum atomic E-state index is 0.382. The number of rotatable bonds is 4. The van der Waals surface area contributed by atoms with Gasteiger partial charge in [-0.1, -0.05) is 0 Å². The van der Waals surface area contributed by atoms with Crippen LogP contribution in [0.4, 0.5) is 5.82 Å². The number of fused-ring (bicyclic) bond motifs is 1. The number of pyridine rings is 1. The summed E-state index contributed by atoms with van der Waals surface area (Å²) in [6.45, 7) is 1.72. The van der Waals surface area contributed by atoms with E-state index in [4.69, 9.17) is 4.74 Å². The SMILES string of the molecule is N#Cc1cc2c(nc1NCCC1CCCO1)CCC2. The number of hydrogen-bond acceptors (Lipinski definition) is 4. The van der Waals surface area contributed by atoms with Crippen LogP contribution in [-0.2, 0) is 17.6 Å². The van der Waals surface area contributed by atoms with E-state index in [1.54, 1.807) is 0 Å². The first kappa shape index (κ1) is 12.4. The molecule has 1 aromatic rings. The van der Waals surface area contributed by atoms with Crippen molar-refractivity contribution in [3.05, 3.63) is 22.9 Å². The normalized spacial score (nSPS) is 21.1. The topological polar surface area (TPSA) is 57.9 Å². The third kappa shape index (κ3) is 2.71. The minimum Gasteiger partial charge on any atom is -0.378 e. The molecule has 1 unspecified atom stereocenters. The molecule has 1 aromatic heterocycles. The van der Waals surface area contributed by atoms with Crippen molar-refractivity contribution in [1.82, 2.24) is 4.98 Å². The molecule has 0 spiro atoms. The van der Waals surface area contributed by atoms with E-state index in [0.717, 1.165) is 51.1 Å². The van der Waals surface area contributed by atoms with Crippen molar-refractivity contribution in [2.75, 3.05) is 18.5 Å². The molecular weight excluding hydrogens is 238 g/mol. The third-order valence-corrected chi connectivity index (χ3v) is 3.95. The van der Waals surface area contributed by atoms with Gasteiger partial charge in [0.05, 0.1) is 11.7 Å². The molecule has 0 bridgehead atoms. The van der Waals surface area contributed by atoms with E-state index in [0.29, 0.717) is 11.7 Å². The van der Waals surface area contributed by atoms with Crippen LogP contribution >= 0.6 is 0 Å². The fourth-order valence-electron chi connectivity index (χ4n) is 2.92. The average Bonchev–Trinajstić information content (AvgIpc) is 3.08. The summed E-state index contributed by atoms with van der Waals surface area (Å²) in [5, 5.41) is 12.5. The van der Waals surface area contributed by atoms with Gasteiger partial charge in [0.25, 0.3) is 0 Å². The number of ether oxygens (including phenoxy) is 1. The Balaban J connectivity index is 1.64. The van der Waals surface area contributed by atoms with Crippen molar-refractivity contribution < 1.29 is 4.74 Å². The van der Waals surface area contributed by atoms with Gasteiger partial charge in [-0.15, -0.1) is 0 Å². The smallest absolute Gasteiger partial charge is 0.144 e. The molecule has 1 atom stereocenters. The fourth-order valence-corrected chi connectivity index (χ4v) is 2.92. The summed E-state index contributed by atoms with van der Waals surface area (Å²) in [6, 6.07) is 4.25. The molecule has 0 aromatic carbocycles. The van der Waals surface area contributed by atoms with Crippen LogP contribution in [0.5, 0.6) is 0 Å². The van der Waals surface area contributed by atoms with Gasteiger partial charge in [-0.25, -0.2) is 4.98 Å². The van der Waals surface area contributed by atoms with E-state index >= 15 is 0 Å². The lowest BCUT2D eigenvalue weighted by molar-refractivity contribution is 0.107. The van der Waals surface area contributed by atoms with Gasteiger partial charge in [0.15, 0.2) is 0 Å². The quantitative estimate of drug-likeness (QED) is 0.900. The van der Waals surface area contributed by atoms with Crippen molar-refractivity contribution in [3.63, 3.8) is 0 Å². The zero-order valence-electron chi connectivity index (χ0n) is 11.1. The Morgan fingerprint density at radius 1 is 1.42 bits per heavy atom. The van der Waals surface area contributed by atoms with E-state index in [1.807, 2.05) is 6.07 Å². The highest BCUT2D eigenvalue weighted by atomic mass is 16.5. The van der Waals surface area contributed by atoms with Crippen molar-refractivity contribution in [3.8, 4) is 6.07 Å². The van der Waals surface area contributed by atoms with Gasteiger partial charge in [0, 0.05) is 18.8 Å². The van der Waals surface area contributed by atoms with Gasteiger partial charge in [-0.3, -0.25) is 0 Å². The molecule has 2 heterocycles. The zero-order chi connectivity index (χ0) is 13.1. The maximum absolute atomic E-state index is 9.21. The predicted octanol–water partition coefficient (Wildman–Crippen LogP) is 2.42. The Bertz CT molecular complexity index is 501. The standard InChI is InChI=1S/C15H19N3O/c16-10-12-9-11-3-1-5-14(11)18-15(12)17-7-6-13-4-2-8-19-13/h9,13H,1-8H2,(H,17,18). The molecule has 1 aliphatic heterocycles. The summed E-state index contributed by atoms with van der Waals surface area (Å²) in [6.07, 6.45) is 6.97. The molecule has 1 aliphatic carbocycles. The number of hydrogen-bond donors (Lipinski definition) is 1. The van der Waals surface area contributed by atoms with Crippen molar-refractivity contribution in [2.45, 2.75) is 44.6 Å². The summed E-state index contributed by atoms with van der Waals surface area (Å²) >= 11 is 0. The highest BCUT2D eigenvalue weighted by Crippen LogP contribution is 2.25. The Morgan fingerprint density at radius 2 is 2.37 bits per heavy atom. The first-order chi connectivity index (χ1) is 9.36. The number of nitriles is 1. The highest BCUT2D eigenvalue weighted by Gasteiger charge is 2.18. The largest absolute Gasteiger partial charge is 0.378 e. The summed E-state index contributed by atoms with van der Waals surface area (Å²) in [5.41, 5.74) is 3.09. The summed E-state index contributed by atoms with van der Waals surface area (Å²) in [5.74, 6) is 0.751. The fraction of sp³-hybridized carbons (Fsp3) is 0.600. The molecule has 4 heteroatoms. The van der Waals surface area contributed by atoms with E-state index < -0.39 is 0 Å². The molecule has 1 fully saturated rings. The minimum absolute atomic E-state index is 0.382. The molecule has 1 N–H and O–H groups in total. The molecule has 4 nitrogen and oxygen atoms in total. The summed E-state index contributed by atoms with van der Waals surface area (Å²) in [4.78, 5) is 4.61. The lowest BCUT2D eigenvalue weighted by Crippen LogP contribution is -2.14. The van der Waals surface area contributed by atoms with Crippen molar-refractivity contribution in [2.24, 2.45) is 0 Å². The van der Waals surface area contributed by atoms with Crippen LogP contribution in [0.25, 0.3) is 0 Å². The van der Waals surface area contributed by atoms with Gasteiger partial charge in [0.1, 0.15) is 11.9 Å². The Labute approximate surface area is 113 Å². The van der Waals surface area contributed by atoms with Crippen LogP contribution < -0.4 is 5.32 Å². The van der Waals surface area contributed by atoms with Crippen LogP contribution in [0.3, 0.4) is 0 Å². The highest BCUT2D eigenvalue weighted by molar-refractivity contribution is 5.55. The zero-order valence-corrected chi connectivity index (χ0v) is 11.1. The number of anilines is 1. The number of nitrogens with zero attached hydrogens (tertiary/aromatic N) is 2. The molecular formula is C15H19N3O. The van der Waals surface area contributed by atoms with Gasteiger partial charge >= 0.3 is 0 Å². The van der Waals surface area contributed by atoms with Crippen molar-refractivity contribution in [1.29, 1.82) is 5.26 Å². The molecule has 0 radical (unpaired) electrons. The monoisotopic (exact) mass is 257 g/mol. The van der Waals surface area contributed by atoms with Gasteiger partial charge in [-0.2, -0.15) is 5.26 Å². The van der Waals surface area contributed by atoms with E-state index in [1.165, 1.54) is 17.7 Å². The maximum Gasteiger partial charge on any atom is 0.144 e. The van der Waals surface area contributed by atoms with E-state index in [-0.39, 0.29) is 0 Å². The second kappa shape index (κ2) is 5.58. The molecule has 19 heavy (non-hydrogen) atoms. The van der Waals surface area contributed by atoms with Gasteiger partial charge in [-0.05, 0) is 50.2 Å². The van der Waals surface area contributed by atoms with Gasteiger partial charge < -0.3 is 10.1 Å². The molecule has 3 rings (SSSR count). The summed E-state index contributed by atoms with van der Waals surface area (Å²) < 4.78 is 5.60. The predicted molar refractivity (Wildman–Crippen MR) is 73.1 cm³/mol. The number of aromatic nitrogens is 1. The van der Waals surface area contributed by atoms with Crippen LogP contribution in [0, 0.1) is 11.3 Å². The second-order valence-electron chi connectivity index (χ2n) is 5.31. The Morgan fingerprint density at radius 3 is 3.16 bits per heavy atom. The second-order valence-corrected chi connectivity index (χ2v) is 5.31. The van der Waals surface area contributed by atoms with E-state index in [9.17, 15) is 5.26 Å². The van der Waals surface area contributed by atoms with Crippen molar-refractivity contribution >= 4 is 5.82 Å². The summed E-state index contributed by atoms with van der Waals surface area (Å²) in [7, 11) is 0. The first-order valence-electron chi connectivity index (χ1n) is 7.15. The van der Waals surface area contributed by atoms with E-state index in [2.05, 4.69) is 16.4 Å². The van der Waals surface area contributed by atoms with Crippen LogP contribution in [-0.4, -0.2) is 24.2 Å². The molecule has 1 saturated heterocycles. The van der Waals surface area contributed by atoms with Crippen LogP contribution in [0.1, 0.15) is 42.5 Å². The Kier molecular flexibility index (Phi) is 3.65. The van der Waals surface area contributed by atoms with Crippen LogP contribution in [0.15, 0.2) is 6.07 Å². The first-order valence-corrected chi connectivity index (χ1v) is 7.15. The van der Waals surface area contributed by atoms with Gasteiger partial charge in [0.2, 0.25) is 0 Å². The lowest BCUT2D eigenvalue weighted by atomic mass is 10.1.